The smallest absolute Gasteiger partial charge is 0.317 e. The normalized spacial score (nSPS) is 10.4. The molecule has 0 saturated heterocycles. The second-order valence-electron chi connectivity index (χ2n) is 4.47. The van der Waals surface area contributed by atoms with Crippen molar-refractivity contribution in [3.05, 3.63) is 12.2 Å². The number of rotatable bonds is 9. The molecule has 0 aliphatic rings. The van der Waals surface area contributed by atoms with E-state index in [1.807, 2.05) is 20.8 Å². The van der Waals surface area contributed by atoms with Gasteiger partial charge < -0.3 is 10.0 Å². The van der Waals surface area contributed by atoms with Crippen molar-refractivity contribution in [1.29, 1.82) is 0 Å². The molecule has 5 nitrogen and oxygen atoms in total. The van der Waals surface area contributed by atoms with E-state index in [1.54, 1.807) is 9.80 Å². The fraction of sp³-hybridized carbons (Fsp3) is 0.692. The van der Waals surface area contributed by atoms with Crippen LogP contribution in [0, 0.1) is 0 Å². The lowest BCUT2D eigenvalue weighted by molar-refractivity contribution is -0.139. The molecule has 18 heavy (non-hydrogen) atoms. The molecular formula is C13H24N2O3. The third-order valence-electron chi connectivity index (χ3n) is 2.45. The Labute approximate surface area is 109 Å². The zero-order valence-electron chi connectivity index (χ0n) is 11.6. The van der Waals surface area contributed by atoms with E-state index in [1.165, 1.54) is 0 Å². The summed E-state index contributed by atoms with van der Waals surface area (Å²) in [5, 5.41) is 8.78. The van der Waals surface area contributed by atoms with Crippen LogP contribution >= 0.6 is 0 Å². The van der Waals surface area contributed by atoms with Crippen molar-refractivity contribution in [2.75, 3.05) is 32.7 Å². The summed E-state index contributed by atoms with van der Waals surface area (Å²) in [7, 11) is 0. The minimum atomic E-state index is -0.904. The molecule has 1 N–H and O–H groups in total. The van der Waals surface area contributed by atoms with Gasteiger partial charge in [0.05, 0.1) is 13.1 Å². The average molecular weight is 256 g/mol. The first-order valence-corrected chi connectivity index (χ1v) is 6.27. The molecule has 1 amide bonds. The van der Waals surface area contributed by atoms with Crippen molar-refractivity contribution < 1.29 is 14.7 Å². The topological polar surface area (TPSA) is 60.9 Å². The molecular weight excluding hydrogens is 232 g/mol. The molecule has 0 saturated carbocycles. The Hall–Kier alpha value is -1.36. The highest BCUT2D eigenvalue weighted by molar-refractivity contribution is 5.79. The molecule has 0 aromatic carbocycles. The summed E-state index contributed by atoms with van der Waals surface area (Å²) >= 11 is 0. The molecule has 0 fully saturated rings. The first-order valence-electron chi connectivity index (χ1n) is 6.27. The summed E-state index contributed by atoms with van der Waals surface area (Å²) in [6.45, 7) is 11.3. The van der Waals surface area contributed by atoms with Crippen molar-refractivity contribution in [2.24, 2.45) is 0 Å². The molecule has 0 unspecified atom stereocenters. The highest BCUT2D eigenvalue weighted by atomic mass is 16.4. The molecule has 104 valence electrons. The van der Waals surface area contributed by atoms with Crippen LogP contribution in [0.2, 0.25) is 0 Å². The number of carbonyl (C=O) groups is 2. The zero-order valence-corrected chi connectivity index (χ0v) is 11.6. The van der Waals surface area contributed by atoms with E-state index in [9.17, 15) is 9.59 Å². The number of carboxylic acid groups (broad SMARTS) is 1. The lowest BCUT2D eigenvalue weighted by atomic mass is 10.3. The van der Waals surface area contributed by atoms with Gasteiger partial charge in [-0.1, -0.05) is 19.1 Å². The summed E-state index contributed by atoms with van der Waals surface area (Å²) in [6, 6.07) is 0. The standard InChI is InChI=1S/C13H24N2O3/c1-5-7-14(10-13(17)18)9-12(16)15(6-2)8-11(3)4/h3,5-10H2,1-2,4H3,(H,17,18). The molecule has 0 atom stereocenters. The number of aliphatic carboxylic acids is 1. The average Bonchev–Trinajstić information content (AvgIpc) is 2.24. The van der Waals surface area contributed by atoms with Crippen LogP contribution in [0.3, 0.4) is 0 Å². The number of carboxylic acids is 1. The van der Waals surface area contributed by atoms with Gasteiger partial charge in [-0.2, -0.15) is 0 Å². The molecule has 0 radical (unpaired) electrons. The van der Waals surface area contributed by atoms with E-state index in [0.717, 1.165) is 12.0 Å². The number of hydrogen-bond donors (Lipinski definition) is 1. The Balaban J connectivity index is 4.45. The van der Waals surface area contributed by atoms with Crippen LogP contribution in [-0.4, -0.2) is 59.5 Å². The highest BCUT2D eigenvalue weighted by Gasteiger charge is 2.17. The summed E-state index contributed by atoms with van der Waals surface area (Å²) in [6.07, 6.45) is 0.827. The van der Waals surface area contributed by atoms with E-state index >= 15 is 0 Å². The van der Waals surface area contributed by atoms with Gasteiger partial charge >= 0.3 is 5.97 Å². The van der Waals surface area contributed by atoms with Crippen molar-refractivity contribution in [1.82, 2.24) is 9.80 Å². The molecule has 0 rings (SSSR count). The fourth-order valence-corrected chi connectivity index (χ4v) is 1.71. The Morgan fingerprint density at radius 3 is 2.17 bits per heavy atom. The minimum Gasteiger partial charge on any atom is -0.480 e. The summed E-state index contributed by atoms with van der Waals surface area (Å²) in [5.74, 6) is -0.950. The maximum atomic E-state index is 12.0. The van der Waals surface area contributed by atoms with Gasteiger partial charge in [0.15, 0.2) is 0 Å². The van der Waals surface area contributed by atoms with Gasteiger partial charge in [0.25, 0.3) is 0 Å². The molecule has 0 aliphatic heterocycles. The Morgan fingerprint density at radius 2 is 1.78 bits per heavy atom. The van der Waals surface area contributed by atoms with E-state index in [2.05, 4.69) is 6.58 Å². The molecule has 0 heterocycles. The summed E-state index contributed by atoms with van der Waals surface area (Å²) in [4.78, 5) is 26.1. The van der Waals surface area contributed by atoms with Crippen molar-refractivity contribution in [2.45, 2.75) is 27.2 Å². The zero-order chi connectivity index (χ0) is 14.1. The Bertz CT molecular complexity index is 303. The van der Waals surface area contributed by atoms with Gasteiger partial charge in [-0.3, -0.25) is 14.5 Å². The maximum absolute atomic E-state index is 12.0. The first kappa shape index (κ1) is 16.6. The van der Waals surface area contributed by atoms with Crippen LogP contribution in [0.1, 0.15) is 27.2 Å². The molecule has 0 bridgehead atoms. The van der Waals surface area contributed by atoms with Crippen molar-refractivity contribution >= 4 is 11.9 Å². The maximum Gasteiger partial charge on any atom is 0.317 e. The predicted molar refractivity (Wildman–Crippen MR) is 71.4 cm³/mol. The van der Waals surface area contributed by atoms with Gasteiger partial charge in [0.2, 0.25) is 5.91 Å². The van der Waals surface area contributed by atoms with E-state index in [0.29, 0.717) is 19.6 Å². The summed E-state index contributed by atoms with van der Waals surface area (Å²) < 4.78 is 0. The van der Waals surface area contributed by atoms with E-state index < -0.39 is 5.97 Å². The van der Waals surface area contributed by atoms with Crippen molar-refractivity contribution in [3.63, 3.8) is 0 Å². The Kier molecular flexibility index (Phi) is 8.03. The lowest BCUT2D eigenvalue weighted by Crippen LogP contribution is -2.42. The number of nitrogens with zero attached hydrogens (tertiary/aromatic N) is 2. The lowest BCUT2D eigenvalue weighted by Gasteiger charge is -2.25. The SMILES string of the molecule is C=C(C)CN(CC)C(=O)CN(CCC)CC(=O)O. The van der Waals surface area contributed by atoms with Gasteiger partial charge in [0, 0.05) is 13.1 Å². The molecule has 0 aliphatic carbocycles. The van der Waals surface area contributed by atoms with Crippen LogP contribution in [0.25, 0.3) is 0 Å². The first-order chi connectivity index (χ1) is 8.40. The number of amides is 1. The van der Waals surface area contributed by atoms with Crippen LogP contribution in [0.4, 0.5) is 0 Å². The third-order valence-corrected chi connectivity index (χ3v) is 2.45. The van der Waals surface area contributed by atoms with Gasteiger partial charge in [-0.25, -0.2) is 0 Å². The highest BCUT2D eigenvalue weighted by Crippen LogP contribution is 2.00. The molecule has 0 aromatic rings. The molecule has 0 aromatic heterocycles. The second-order valence-corrected chi connectivity index (χ2v) is 4.47. The Morgan fingerprint density at radius 1 is 1.17 bits per heavy atom. The quantitative estimate of drug-likeness (QED) is 0.630. The van der Waals surface area contributed by atoms with Crippen LogP contribution < -0.4 is 0 Å². The van der Waals surface area contributed by atoms with Crippen LogP contribution in [-0.2, 0) is 9.59 Å². The van der Waals surface area contributed by atoms with Crippen LogP contribution in [0.5, 0.6) is 0 Å². The van der Waals surface area contributed by atoms with Gasteiger partial charge in [-0.05, 0) is 26.8 Å². The van der Waals surface area contributed by atoms with Gasteiger partial charge in [0.1, 0.15) is 0 Å². The van der Waals surface area contributed by atoms with Crippen LogP contribution in [0.15, 0.2) is 12.2 Å². The van der Waals surface area contributed by atoms with Crippen molar-refractivity contribution in [3.8, 4) is 0 Å². The second kappa shape index (κ2) is 8.69. The number of hydrogen-bond acceptors (Lipinski definition) is 3. The summed E-state index contributed by atoms with van der Waals surface area (Å²) in [5.41, 5.74) is 0.922. The monoisotopic (exact) mass is 256 g/mol. The third kappa shape index (κ3) is 7.06. The van der Waals surface area contributed by atoms with E-state index in [4.69, 9.17) is 5.11 Å². The largest absolute Gasteiger partial charge is 0.480 e. The predicted octanol–water partition coefficient (Wildman–Crippen LogP) is 1.21. The fourth-order valence-electron chi connectivity index (χ4n) is 1.71. The minimum absolute atomic E-state index is 0.0461. The van der Waals surface area contributed by atoms with Gasteiger partial charge in [-0.15, -0.1) is 0 Å². The van der Waals surface area contributed by atoms with E-state index in [-0.39, 0.29) is 19.0 Å². The molecule has 0 spiro atoms. The number of likely N-dealkylation sites (N-methyl/N-ethyl adjacent to an activating group) is 1. The number of carbonyl (C=O) groups excluding carboxylic acids is 1. The molecule has 5 heteroatoms.